The van der Waals surface area contributed by atoms with Gasteiger partial charge < -0.3 is 10.1 Å². The Morgan fingerprint density at radius 2 is 1.91 bits per heavy atom. The molecule has 0 aromatic heterocycles. The molecular weight excluding hydrogens is 288 g/mol. The van der Waals surface area contributed by atoms with Crippen molar-refractivity contribution < 1.29 is 18.3 Å². The zero-order chi connectivity index (χ0) is 16.1. The average Bonchev–Trinajstić information content (AvgIpc) is 2.48. The molecule has 1 aromatic carbocycles. The van der Waals surface area contributed by atoms with Gasteiger partial charge in [-0.1, -0.05) is 12.8 Å². The van der Waals surface area contributed by atoms with Crippen molar-refractivity contribution in [1.82, 2.24) is 5.32 Å². The summed E-state index contributed by atoms with van der Waals surface area (Å²) >= 11 is 0. The van der Waals surface area contributed by atoms with Crippen molar-refractivity contribution in [2.24, 2.45) is 5.92 Å². The van der Waals surface area contributed by atoms with Crippen LogP contribution in [0.3, 0.4) is 0 Å². The number of terminal acetylenes is 1. The highest BCUT2D eigenvalue weighted by molar-refractivity contribution is 5.94. The molecule has 0 atom stereocenters. The van der Waals surface area contributed by atoms with Gasteiger partial charge in [0.15, 0.2) is 17.4 Å². The molecule has 2 rings (SSSR count). The number of hydrogen-bond donors (Lipinski definition) is 1. The van der Waals surface area contributed by atoms with E-state index in [9.17, 15) is 13.6 Å². The molecule has 1 fully saturated rings. The van der Waals surface area contributed by atoms with Gasteiger partial charge in [-0.15, -0.1) is 6.42 Å². The SMILES string of the molecule is C#CCOc1c(F)cc(C(=O)NC2CCC(C)CC2)cc1F. The quantitative estimate of drug-likeness (QED) is 0.867. The van der Waals surface area contributed by atoms with E-state index in [0.717, 1.165) is 37.8 Å². The van der Waals surface area contributed by atoms with E-state index >= 15 is 0 Å². The van der Waals surface area contributed by atoms with Crippen LogP contribution in [-0.4, -0.2) is 18.6 Å². The summed E-state index contributed by atoms with van der Waals surface area (Å²) < 4.78 is 32.4. The van der Waals surface area contributed by atoms with Crippen LogP contribution in [0.1, 0.15) is 43.0 Å². The molecule has 0 spiro atoms. The van der Waals surface area contributed by atoms with Crippen molar-refractivity contribution in [3.05, 3.63) is 29.3 Å². The highest BCUT2D eigenvalue weighted by Crippen LogP contribution is 2.25. The lowest BCUT2D eigenvalue weighted by Crippen LogP contribution is -2.37. The molecule has 0 aliphatic heterocycles. The van der Waals surface area contributed by atoms with E-state index in [-0.39, 0.29) is 18.2 Å². The minimum Gasteiger partial charge on any atom is -0.475 e. The Morgan fingerprint density at radius 3 is 2.45 bits per heavy atom. The van der Waals surface area contributed by atoms with Gasteiger partial charge in [-0.05, 0) is 43.7 Å². The number of nitrogens with one attached hydrogen (secondary N) is 1. The molecule has 0 bridgehead atoms. The Bertz CT molecular complexity index is 564. The molecule has 1 amide bonds. The topological polar surface area (TPSA) is 38.3 Å². The number of hydrogen-bond acceptors (Lipinski definition) is 2. The second-order valence-electron chi connectivity index (χ2n) is 5.69. The second-order valence-corrected chi connectivity index (χ2v) is 5.69. The molecule has 0 saturated heterocycles. The lowest BCUT2D eigenvalue weighted by molar-refractivity contribution is 0.0922. The first-order valence-electron chi connectivity index (χ1n) is 7.37. The predicted octanol–water partition coefficient (Wildman–Crippen LogP) is 3.29. The average molecular weight is 307 g/mol. The molecule has 1 aromatic rings. The number of halogens is 2. The van der Waals surface area contributed by atoms with Crippen LogP contribution in [0.5, 0.6) is 5.75 Å². The van der Waals surface area contributed by atoms with Crippen molar-refractivity contribution >= 4 is 5.91 Å². The number of carbonyl (C=O) groups excluding carboxylic acids is 1. The fraction of sp³-hybridized carbons (Fsp3) is 0.471. The predicted molar refractivity (Wildman–Crippen MR) is 79.6 cm³/mol. The summed E-state index contributed by atoms with van der Waals surface area (Å²) in [6, 6.07) is 2.00. The normalized spacial score (nSPS) is 21.0. The van der Waals surface area contributed by atoms with Gasteiger partial charge in [0.05, 0.1) is 0 Å². The third kappa shape index (κ3) is 3.97. The van der Waals surface area contributed by atoms with Crippen LogP contribution < -0.4 is 10.1 Å². The van der Waals surface area contributed by atoms with Crippen molar-refractivity contribution in [2.45, 2.75) is 38.6 Å². The molecule has 0 heterocycles. The van der Waals surface area contributed by atoms with Crippen LogP contribution in [0.15, 0.2) is 12.1 Å². The van der Waals surface area contributed by atoms with E-state index in [1.165, 1.54) is 0 Å². The Balaban J connectivity index is 2.05. The van der Waals surface area contributed by atoms with Gasteiger partial charge in [0, 0.05) is 11.6 Å². The van der Waals surface area contributed by atoms with E-state index in [1.807, 2.05) is 0 Å². The molecule has 0 radical (unpaired) electrons. The van der Waals surface area contributed by atoms with Crippen LogP contribution in [0.4, 0.5) is 8.78 Å². The van der Waals surface area contributed by atoms with E-state index in [2.05, 4.69) is 18.2 Å². The summed E-state index contributed by atoms with van der Waals surface area (Å²) in [5.41, 5.74) is -0.0540. The Morgan fingerprint density at radius 1 is 1.32 bits per heavy atom. The maximum Gasteiger partial charge on any atom is 0.251 e. The lowest BCUT2D eigenvalue weighted by atomic mass is 9.87. The Hall–Kier alpha value is -2.09. The lowest BCUT2D eigenvalue weighted by Gasteiger charge is -2.26. The van der Waals surface area contributed by atoms with Crippen molar-refractivity contribution in [3.63, 3.8) is 0 Å². The molecule has 118 valence electrons. The maximum atomic E-state index is 13.8. The highest BCUT2D eigenvalue weighted by atomic mass is 19.1. The molecule has 0 unspecified atom stereocenters. The van der Waals surface area contributed by atoms with Crippen LogP contribution in [0.25, 0.3) is 0 Å². The monoisotopic (exact) mass is 307 g/mol. The van der Waals surface area contributed by atoms with Gasteiger partial charge >= 0.3 is 0 Å². The number of benzene rings is 1. The summed E-state index contributed by atoms with van der Waals surface area (Å²) in [7, 11) is 0. The first kappa shape index (κ1) is 16.3. The van der Waals surface area contributed by atoms with Gasteiger partial charge in [0.2, 0.25) is 0 Å². The van der Waals surface area contributed by atoms with Gasteiger partial charge in [0.1, 0.15) is 6.61 Å². The van der Waals surface area contributed by atoms with Crippen molar-refractivity contribution in [2.75, 3.05) is 6.61 Å². The fourth-order valence-electron chi connectivity index (χ4n) is 2.62. The van der Waals surface area contributed by atoms with Crippen molar-refractivity contribution in [3.8, 4) is 18.1 Å². The number of ether oxygens (including phenoxy) is 1. The summed E-state index contributed by atoms with van der Waals surface area (Å²) in [5.74, 6) is -0.0980. The van der Waals surface area contributed by atoms with Gasteiger partial charge in [-0.3, -0.25) is 4.79 Å². The molecule has 1 saturated carbocycles. The number of rotatable bonds is 4. The van der Waals surface area contributed by atoms with Crippen LogP contribution >= 0.6 is 0 Å². The summed E-state index contributed by atoms with van der Waals surface area (Å²) in [4.78, 5) is 12.1. The molecular formula is C17H19F2NO2. The molecule has 3 nitrogen and oxygen atoms in total. The van der Waals surface area contributed by atoms with Crippen LogP contribution in [0, 0.1) is 29.9 Å². The molecule has 1 aliphatic rings. The smallest absolute Gasteiger partial charge is 0.251 e. The highest BCUT2D eigenvalue weighted by Gasteiger charge is 2.22. The fourth-order valence-corrected chi connectivity index (χ4v) is 2.62. The van der Waals surface area contributed by atoms with E-state index in [4.69, 9.17) is 11.2 Å². The molecule has 1 aliphatic carbocycles. The van der Waals surface area contributed by atoms with E-state index in [1.54, 1.807) is 0 Å². The number of amides is 1. The summed E-state index contributed by atoms with van der Waals surface area (Å²) in [5, 5.41) is 2.83. The third-order valence-electron chi connectivity index (χ3n) is 3.91. The summed E-state index contributed by atoms with van der Waals surface area (Å²) in [6.45, 7) is 1.94. The Labute approximate surface area is 129 Å². The molecule has 22 heavy (non-hydrogen) atoms. The number of carbonyl (C=O) groups is 1. The first-order chi connectivity index (χ1) is 10.5. The zero-order valence-corrected chi connectivity index (χ0v) is 12.5. The summed E-state index contributed by atoms with van der Waals surface area (Å²) in [6.07, 6.45) is 8.86. The molecule has 1 N–H and O–H groups in total. The third-order valence-corrected chi connectivity index (χ3v) is 3.91. The Kier molecular flexibility index (Phi) is 5.37. The largest absolute Gasteiger partial charge is 0.475 e. The van der Waals surface area contributed by atoms with Crippen molar-refractivity contribution in [1.29, 1.82) is 0 Å². The van der Waals surface area contributed by atoms with Crippen LogP contribution in [0.2, 0.25) is 0 Å². The first-order valence-corrected chi connectivity index (χ1v) is 7.37. The van der Waals surface area contributed by atoms with Gasteiger partial charge in [0.25, 0.3) is 5.91 Å². The van der Waals surface area contributed by atoms with Crippen LogP contribution in [-0.2, 0) is 0 Å². The minimum atomic E-state index is -0.933. The van der Waals surface area contributed by atoms with E-state index in [0.29, 0.717) is 5.92 Å². The minimum absolute atomic E-state index is 0.0540. The van der Waals surface area contributed by atoms with Gasteiger partial charge in [-0.2, -0.15) is 0 Å². The van der Waals surface area contributed by atoms with E-state index < -0.39 is 23.3 Å². The van der Waals surface area contributed by atoms with Gasteiger partial charge in [-0.25, -0.2) is 8.78 Å². The molecule has 5 heteroatoms. The zero-order valence-electron chi connectivity index (χ0n) is 12.5. The standard InChI is InChI=1S/C17H19F2NO2/c1-3-8-22-16-14(18)9-12(10-15(16)19)17(21)20-13-6-4-11(2)5-7-13/h1,9-11,13H,4-8H2,2H3,(H,20,21). The maximum absolute atomic E-state index is 13.8. The second kappa shape index (κ2) is 7.26.